The van der Waals surface area contributed by atoms with Crippen LogP contribution in [0.15, 0.2) is 59.3 Å². The molecule has 1 amide bonds. The number of nitro groups is 1. The number of fused-ring (bicyclic) bond motifs is 2. The molecule has 0 N–H and O–H groups in total. The van der Waals surface area contributed by atoms with E-state index in [1.54, 1.807) is 23.1 Å². The van der Waals surface area contributed by atoms with Gasteiger partial charge in [-0.05, 0) is 12.1 Å². The molecule has 2 aromatic carbocycles. The van der Waals surface area contributed by atoms with Crippen LogP contribution in [0.4, 0.5) is 11.4 Å². The molecule has 0 saturated carbocycles. The quantitative estimate of drug-likeness (QED) is 0.344. The molecular formula is C19H14N4O5. The average molecular weight is 378 g/mol. The van der Waals surface area contributed by atoms with Gasteiger partial charge in [0.25, 0.3) is 11.6 Å². The summed E-state index contributed by atoms with van der Waals surface area (Å²) in [4.78, 5) is 25.0. The number of hydrogen-bond donors (Lipinski definition) is 0. The number of hydrogen-bond acceptors (Lipinski definition) is 7. The Kier molecular flexibility index (Phi) is 4.32. The standard InChI is InChI=1S/C19H14N4O5/c1-2-7-22-14-6-4-3-5-13(14)18(19(22)24)21-20-10-12-8-16-17(28-11-27-16)9-15(12)23(25)26/h2-6,8-10H,1,7,11H2. The third-order valence-corrected chi connectivity index (χ3v) is 4.28. The molecule has 9 nitrogen and oxygen atoms in total. The third kappa shape index (κ3) is 2.88. The number of ether oxygens (including phenoxy) is 2. The summed E-state index contributed by atoms with van der Waals surface area (Å²) in [6, 6.07) is 9.94. The van der Waals surface area contributed by atoms with Gasteiger partial charge < -0.3 is 14.4 Å². The first kappa shape index (κ1) is 17.4. The molecule has 2 aliphatic rings. The van der Waals surface area contributed by atoms with E-state index in [-0.39, 0.29) is 29.7 Å². The molecule has 0 aliphatic carbocycles. The van der Waals surface area contributed by atoms with Crippen molar-refractivity contribution in [2.45, 2.75) is 0 Å². The molecule has 2 heterocycles. The van der Waals surface area contributed by atoms with E-state index < -0.39 is 4.92 Å². The van der Waals surface area contributed by atoms with E-state index in [2.05, 4.69) is 16.8 Å². The van der Waals surface area contributed by atoms with Gasteiger partial charge in [-0.25, -0.2) is 0 Å². The highest BCUT2D eigenvalue weighted by molar-refractivity contribution is 6.54. The number of rotatable bonds is 5. The number of nitro benzene ring substituents is 1. The Morgan fingerprint density at radius 1 is 1.25 bits per heavy atom. The van der Waals surface area contributed by atoms with Crippen LogP contribution in [0.25, 0.3) is 0 Å². The molecule has 0 aromatic heterocycles. The van der Waals surface area contributed by atoms with Crippen molar-refractivity contribution in [3.8, 4) is 11.5 Å². The van der Waals surface area contributed by atoms with Gasteiger partial charge in [0.1, 0.15) is 0 Å². The van der Waals surface area contributed by atoms with Crippen molar-refractivity contribution in [3.63, 3.8) is 0 Å². The lowest BCUT2D eigenvalue weighted by Gasteiger charge is -2.13. The van der Waals surface area contributed by atoms with Gasteiger partial charge >= 0.3 is 0 Å². The van der Waals surface area contributed by atoms with Crippen LogP contribution in [-0.2, 0) is 4.79 Å². The number of carbonyl (C=O) groups excluding carboxylic acids is 1. The van der Waals surface area contributed by atoms with Crippen LogP contribution in [0.3, 0.4) is 0 Å². The molecule has 0 atom stereocenters. The molecular weight excluding hydrogens is 364 g/mol. The summed E-state index contributed by atoms with van der Waals surface area (Å²) < 4.78 is 10.4. The Morgan fingerprint density at radius 3 is 2.75 bits per heavy atom. The van der Waals surface area contributed by atoms with Gasteiger partial charge in [-0.1, -0.05) is 24.3 Å². The van der Waals surface area contributed by atoms with E-state index in [1.807, 2.05) is 12.1 Å². The Bertz CT molecular complexity index is 1060. The van der Waals surface area contributed by atoms with Gasteiger partial charge in [-0.2, -0.15) is 5.10 Å². The summed E-state index contributed by atoms with van der Waals surface area (Å²) >= 11 is 0. The second-order valence-corrected chi connectivity index (χ2v) is 5.94. The van der Waals surface area contributed by atoms with Crippen molar-refractivity contribution < 1.29 is 19.2 Å². The van der Waals surface area contributed by atoms with Crippen molar-refractivity contribution in [2.75, 3.05) is 18.2 Å². The van der Waals surface area contributed by atoms with Crippen LogP contribution in [0, 0.1) is 10.1 Å². The van der Waals surface area contributed by atoms with Crippen LogP contribution < -0.4 is 14.4 Å². The number of carbonyl (C=O) groups is 1. The van der Waals surface area contributed by atoms with E-state index in [9.17, 15) is 14.9 Å². The summed E-state index contributed by atoms with van der Waals surface area (Å²) in [5.74, 6) is 0.382. The lowest BCUT2D eigenvalue weighted by molar-refractivity contribution is -0.385. The van der Waals surface area contributed by atoms with Crippen LogP contribution in [0.1, 0.15) is 11.1 Å². The Hall–Kier alpha value is -4.01. The average Bonchev–Trinajstić information content (AvgIpc) is 3.25. The summed E-state index contributed by atoms with van der Waals surface area (Å²) in [5, 5.41) is 19.3. The number of nitrogens with zero attached hydrogens (tertiary/aromatic N) is 4. The molecule has 0 unspecified atom stereocenters. The highest BCUT2D eigenvalue weighted by atomic mass is 16.7. The minimum absolute atomic E-state index is 0.000190. The predicted octanol–water partition coefficient (Wildman–Crippen LogP) is 2.68. The van der Waals surface area contributed by atoms with Crippen molar-refractivity contribution in [1.82, 2.24) is 0 Å². The summed E-state index contributed by atoms with van der Waals surface area (Å²) in [7, 11) is 0. The Labute approximate surface area is 159 Å². The molecule has 140 valence electrons. The van der Waals surface area contributed by atoms with E-state index >= 15 is 0 Å². The SMILES string of the molecule is C=CCN1C(=O)C(=NN=Cc2cc3c(cc2[N+](=O)[O-])OCO3)c2ccccc21. The highest BCUT2D eigenvalue weighted by Crippen LogP contribution is 2.37. The van der Waals surface area contributed by atoms with E-state index in [0.717, 1.165) is 5.69 Å². The van der Waals surface area contributed by atoms with Crippen LogP contribution >= 0.6 is 0 Å². The van der Waals surface area contributed by atoms with Crippen molar-refractivity contribution in [2.24, 2.45) is 10.2 Å². The molecule has 9 heteroatoms. The van der Waals surface area contributed by atoms with Gasteiger partial charge in [0, 0.05) is 12.1 Å². The first-order chi connectivity index (χ1) is 13.6. The summed E-state index contributed by atoms with van der Waals surface area (Å²) in [5.41, 5.74) is 1.53. The van der Waals surface area contributed by atoms with Gasteiger partial charge in [0.05, 0.1) is 28.5 Å². The zero-order valence-electron chi connectivity index (χ0n) is 14.6. The second-order valence-electron chi connectivity index (χ2n) is 5.94. The number of para-hydroxylation sites is 1. The topological polar surface area (TPSA) is 107 Å². The van der Waals surface area contributed by atoms with Gasteiger partial charge in [0.15, 0.2) is 17.2 Å². The van der Waals surface area contributed by atoms with Crippen molar-refractivity contribution in [3.05, 3.63) is 70.3 Å². The fourth-order valence-electron chi connectivity index (χ4n) is 3.03. The number of anilines is 1. The van der Waals surface area contributed by atoms with E-state index in [1.165, 1.54) is 18.3 Å². The van der Waals surface area contributed by atoms with E-state index in [0.29, 0.717) is 23.6 Å². The zero-order valence-corrected chi connectivity index (χ0v) is 14.6. The van der Waals surface area contributed by atoms with Crippen LogP contribution in [0.2, 0.25) is 0 Å². The smallest absolute Gasteiger partial charge is 0.282 e. The number of benzene rings is 2. The molecule has 0 saturated heterocycles. The minimum Gasteiger partial charge on any atom is -0.454 e. The first-order valence-electron chi connectivity index (χ1n) is 8.31. The monoisotopic (exact) mass is 378 g/mol. The van der Waals surface area contributed by atoms with Gasteiger partial charge in [-0.3, -0.25) is 14.9 Å². The molecule has 2 aliphatic heterocycles. The largest absolute Gasteiger partial charge is 0.454 e. The molecule has 2 aromatic rings. The maximum Gasteiger partial charge on any atom is 0.282 e. The molecule has 4 rings (SSSR count). The van der Waals surface area contributed by atoms with Gasteiger partial charge in [-0.15, -0.1) is 11.7 Å². The fraction of sp³-hybridized carbons (Fsp3) is 0.105. The minimum atomic E-state index is -0.543. The lowest BCUT2D eigenvalue weighted by Crippen LogP contribution is -2.30. The molecule has 0 spiro atoms. The van der Waals surface area contributed by atoms with Crippen molar-refractivity contribution in [1.29, 1.82) is 0 Å². The third-order valence-electron chi connectivity index (χ3n) is 4.28. The van der Waals surface area contributed by atoms with Gasteiger partial charge in [0.2, 0.25) is 6.79 Å². The van der Waals surface area contributed by atoms with Crippen LogP contribution in [0.5, 0.6) is 11.5 Å². The Balaban J connectivity index is 1.70. The maximum atomic E-state index is 12.7. The lowest BCUT2D eigenvalue weighted by atomic mass is 10.1. The van der Waals surface area contributed by atoms with E-state index in [4.69, 9.17) is 9.47 Å². The fourth-order valence-corrected chi connectivity index (χ4v) is 3.03. The predicted molar refractivity (Wildman–Crippen MR) is 102 cm³/mol. The normalized spacial score (nSPS) is 16.1. The summed E-state index contributed by atoms with van der Waals surface area (Å²) in [6.45, 7) is 4.00. The van der Waals surface area contributed by atoms with Crippen molar-refractivity contribution >= 4 is 29.2 Å². The number of amides is 1. The zero-order chi connectivity index (χ0) is 19.7. The molecule has 28 heavy (non-hydrogen) atoms. The second kappa shape index (κ2) is 6.95. The maximum absolute atomic E-state index is 12.7. The highest BCUT2D eigenvalue weighted by Gasteiger charge is 2.33. The Morgan fingerprint density at radius 2 is 2.00 bits per heavy atom. The molecule has 0 bridgehead atoms. The molecule has 0 fully saturated rings. The first-order valence-corrected chi connectivity index (χ1v) is 8.31. The summed E-state index contributed by atoms with van der Waals surface area (Å²) in [6.07, 6.45) is 2.84. The van der Waals surface area contributed by atoms with Crippen LogP contribution in [-0.4, -0.2) is 36.1 Å². The molecule has 0 radical (unpaired) electrons.